The number of hydrogen-bond acceptors (Lipinski definition) is 4. The van der Waals surface area contributed by atoms with Crippen LogP contribution < -0.4 is 15.4 Å². The second-order valence-corrected chi connectivity index (χ2v) is 5.79. The van der Waals surface area contributed by atoms with Gasteiger partial charge in [-0.15, -0.1) is 0 Å². The molecule has 0 saturated heterocycles. The lowest BCUT2D eigenvalue weighted by Gasteiger charge is -2.19. The molecule has 0 atom stereocenters. The van der Waals surface area contributed by atoms with Gasteiger partial charge in [0.05, 0.1) is 6.61 Å². The van der Waals surface area contributed by atoms with Crippen molar-refractivity contribution in [1.29, 1.82) is 0 Å². The zero-order valence-electron chi connectivity index (χ0n) is 13.7. The normalized spacial score (nSPS) is 11.0. The van der Waals surface area contributed by atoms with Gasteiger partial charge >= 0.3 is 6.09 Å². The molecular formula is C16H25FN2O3. The molecule has 124 valence electrons. The first-order valence-electron chi connectivity index (χ1n) is 7.45. The number of amides is 1. The van der Waals surface area contributed by atoms with Crippen LogP contribution in [-0.2, 0) is 4.74 Å². The quantitative estimate of drug-likeness (QED) is 0.756. The SMILES string of the molecule is CCOc1ccc(NCCCNC(=O)OC(C)(C)C)cc1F. The molecule has 0 fully saturated rings. The maximum atomic E-state index is 13.6. The molecule has 0 aliphatic rings. The maximum Gasteiger partial charge on any atom is 0.407 e. The van der Waals surface area contributed by atoms with Gasteiger partial charge in [0.15, 0.2) is 11.6 Å². The first-order chi connectivity index (χ1) is 10.3. The molecule has 1 aromatic rings. The third kappa shape index (κ3) is 7.15. The zero-order chi connectivity index (χ0) is 16.6. The van der Waals surface area contributed by atoms with Crippen LogP contribution in [0.2, 0.25) is 0 Å². The first kappa shape index (κ1) is 18.1. The summed E-state index contributed by atoms with van der Waals surface area (Å²) in [4.78, 5) is 11.4. The standard InChI is InChI=1S/C16H25FN2O3/c1-5-21-14-8-7-12(11-13(14)17)18-9-6-10-19-15(20)22-16(2,3)4/h7-8,11,18H,5-6,9-10H2,1-4H3,(H,19,20). The molecule has 0 aliphatic heterocycles. The Kier molecular flexibility index (Phi) is 6.95. The summed E-state index contributed by atoms with van der Waals surface area (Å²) in [6.07, 6.45) is 0.272. The molecule has 0 aromatic heterocycles. The summed E-state index contributed by atoms with van der Waals surface area (Å²) in [5.41, 5.74) is 0.181. The number of nitrogens with one attached hydrogen (secondary N) is 2. The highest BCUT2D eigenvalue weighted by Gasteiger charge is 2.15. The van der Waals surface area contributed by atoms with Gasteiger partial charge < -0.3 is 20.1 Å². The summed E-state index contributed by atoms with van der Waals surface area (Å²) >= 11 is 0. The average molecular weight is 312 g/mol. The highest BCUT2D eigenvalue weighted by atomic mass is 19.1. The Morgan fingerprint density at radius 3 is 2.59 bits per heavy atom. The van der Waals surface area contributed by atoms with Gasteiger partial charge in [-0.1, -0.05) is 0 Å². The maximum absolute atomic E-state index is 13.6. The molecule has 2 N–H and O–H groups in total. The second kappa shape index (κ2) is 8.46. The minimum Gasteiger partial charge on any atom is -0.491 e. The topological polar surface area (TPSA) is 59.6 Å². The molecular weight excluding hydrogens is 287 g/mol. The number of ether oxygens (including phenoxy) is 2. The number of carbonyl (C=O) groups excluding carboxylic acids is 1. The van der Waals surface area contributed by atoms with Crippen molar-refractivity contribution in [3.63, 3.8) is 0 Å². The molecule has 1 rings (SSSR count). The highest BCUT2D eigenvalue weighted by Crippen LogP contribution is 2.20. The molecule has 0 saturated carbocycles. The Hall–Kier alpha value is -1.98. The molecule has 1 aromatic carbocycles. The second-order valence-electron chi connectivity index (χ2n) is 5.79. The molecule has 0 radical (unpaired) electrons. The van der Waals surface area contributed by atoms with E-state index in [1.54, 1.807) is 12.1 Å². The van der Waals surface area contributed by atoms with Crippen molar-refractivity contribution in [3.8, 4) is 5.75 Å². The van der Waals surface area contributed by atoms with Crippen LogP contribution in [0.3, 0.4) is 0 Å². The van der Waals surface area contributed by atoms with E-state index in [0.29, 0.717) is 31.8 Å². The number of rotatable bonds is 7. The van der Waals surface area contributed by atoms with Crippen LogP contribution in [0.1, 0.15) is 34.1 Å². The van der Waals surface area contributed by atoms with E-state index < -0.39 is 17.5 Å². The van der Waals surface area contributed by atoms with Gasteiger partial charge in [-0.3, -0.25) is 0 Å². The summed E-state index contributed by atoms with van der Waals surface area (Å²) in [6, 6.07) is 4.75. The van der Waals surface area contributed by atoms with Gasteiger partial charge in [0.1, 0.15) is 5.60 Å². The summed E-state index contributed by atoms with van der Waals surface area (Å²) < 4.78 is 23.9. The predicted octanol–water partition coefficient (Wildman–Crippen LogP) is 3.55. The van der Waals surface area contributed by atoms with E-state index in [-0.39, 0.29) is 5.75 Å². The third-order valence-corrected chi connectivity index (χ3v) is 2.58. The van der Waals surface area contributed by atoms with E-state index in [4.69, 9.17) is 9.47 Å². The van der Waals surface area contributed by atoms with Crippen molar-refractivity contribution in [2.45, 2.75) is 39.7 Å². The number of carbonyl (C=O) groups is 1. The van der Waals surface area contributed by atoms with Crippen molar-refractivity contribution in [1.82, 2.24) is 5.32 Å². The molecule has 0 aliphatic carbocycles. The summed E-state index contributed by atoms with van der Waals surface area (Å²) in [5.74, 6) is -0.140. The van der Waals surface area contributed by atoms with Crippen molar-refractivity contribution < 1.29 is 18.7 Å². The molecule has 0 heterocycles. The largest absolute Gasteiger partial charge is 0.491 e. The van der Waals surface area contributed by atoms with E-state index in [9.17, 15) is 9.18 Å². The Morgan fingerprint density at radius 2 is 2.00 bits per heavy atom. The predicted molar refractivity (Wildman–Crippen MR) is 84.9 cm³/mol. The van der Waals surface area contributed by atoms with Crippen LogP contribution in [0.25, 0.3) is 0 Å². The van der Waals surface area contributed by atoms with Gasteiger partial charge in [0.2, 0.25) is 0 Å². The van der Waals surface area contributed by atoms with Gasteiger partial charge in [0, 0.05) is 24.8 Å². The number of halogens is 1. The van der Waals surface area contributed by atoms with Crippen molar-refractivity contribution in [2.24, 2.45) is 0 Å². The van der Waals surface area contributed by atoms with Crippen LogP contribution in [0.5, 0.6) is 5.75 Å². The summed E-state index contributed by atoms with van der Waals surface area (Å²) in [6.45, 7) is 8.78. The molecule has 0 unspecified atom stereocenters. The van der Waals surface area contributed by atoms with Gasteiger partial charge in [-0.05, 0) is 46.2 Å². The first-order valence-corrected chi connectivity index (χ1v) is 7.45. The summed E-state index contributed by atoms with van der Waals surface area (Å²) in [5, 5.41) is 5.76. The Labute approximate surface area is 131 Å². The Morgan fingerprint density at radius 1 is 1.27 bits per heavy atom. The number of anilines is 1. The van der Waals surface area contributed by atoms with Crippen LogP contribution in [0.15, 0.2) is 18.2 Å². The van der Waals surface area contributed by atoms with Crippen LogP contribution >= 0.6 is 0 Å². The van der Waals surface area contributed by atoms with Crippen molar-refractivity contribution in [3.05, 3.63) is 24.0 Å². The summed E-state index contributed by atoms with van der Waals surface area (Å²) in [7, 11) is 0. The van der Waals surface area contributed by atoms with Crippen molar-refractivity contribution in [2.75, 3.05) is 25.0 Å². The van der Waals surface area contributed by atoms with E-state index in [1.807, 2.05) is 27.7 Å². The lowest BCUT2D eigenvalue weighted by molar-refractivity contribution is 0.0528. The highest BCUT2D eigenvalue weighted by molar-refractivity contribution is 5.67. The molecule has 22 heavy (non-hydrogen) atoms. The number of alkyl carbamates (subject to hydrolysis) is 1. The fourth-order valence-corrected chi connectivity index (χ4v) is 1.71. The minimum atomic E-state index is -0.498. The van der Waals surface area contributed by atoms with Crippen LogP contribution in [0, 0.1) is 5.82 Å². The monoisotopic (exact) mass is 312 g/mol. The third-order valence-electron chi connectivity index (χ3n) is 2.58. The minimum absolute atomic E-state index is 0.250. The van der Waals surface area contributed by atoms with Crippen LogP contribution in [-0.4, -0.2) is 31.4 Å². The van der Waals surface area contributed by atoms with E-state index in [0.717, 1.165) is 0 Å². The van der Waals surface area contributed by atoms with E-state index >= 15 is 0 Å². The van der Waals surface area contributed by atoms with E-state index in [1.165, 1.54) is 6.07 Å². The fourth-order valence-electron chi connectivity index (χ4n) is 1.71. The van der Waals surface area contributed by atoms with E-state index in [2.05, 4.69) is 10.6 Å². The molecule has 1 amide bonds. The lowest BCUT2D eigenvalue weighted by atomic mass is 10.2. The number of benzene rings is 1. The zero-order valence-corrected chi connectivity index (χ0v) is 13.7. The van der Waals surface area contributed by atoms with Gasteiger partial charge in [0.25, 0.3) is 0 Å². The Bertz CT molecular complexity index is 487. The van der Waals surface area contributed by atoms with Gasteiger partial charge in [-0.25, -0.2) is 9.18 Å². The van der Waals surface area contributed by atoms with Crippen LogP contribution in [0.4, 0.5) is 14.9 Å². The molecule has 0 spiro atoms. The molecule has 5 nitrogen and oxygen atoms in total. The smallest absolute Gasteiger partial charge is 0.407 e. The fraction of sp³-hybridized carbons (Fsp3) is 0.562. The van der Waals surface area contributed by atoms with Crippen molar-refractivity contribution >= 4 is 11.8 Å². The van der Waals surface area contributed by atoms with Gasteiger partial charge in [-0.2, -0.15) is 0 Å². The molecule has 6 heteroatoms. The lowest BCUT2D eigenvalue weighted by Crippen LogP contribution is -2.33. The number of hydrogen-bond donors (Lipinski definition) is 2. The average Bonchev–Trinajstić information content (AvgIpc) is 2.39. The molecule has 0 bridgehead atoms. The Balaban J connectivity index is 2.25.